The Balaban J connectivity index is 1.63. The number of aryl methyl sites for hydroxylation is 1. The third-order valence-electron chi connectivity index (χ3n) is 3.70. The van der Waals surface area contributed by atoms with Crippen molar-refractivity contribution in [3.63, 3.8) is 0 Å². The maximum absolute atomic E-state index is 5.71. The van der Waals surface area contributed by atoms with E-state index in [1.807, 2.05) is 6.20 Å². The zero-order valence-electron chi connectivity index (χ0n) is 10.6. The maximum Gasteiger partial charge on any atom is 0.0897 e. The molecule has 1 heterocycles. The predicted octanol–water partition coefficient (Wildman–Crippen LogP) is 2.31. The molecule has 3 nitrogen and oxygen atoms in total. The van der Waals surface area contributed by atoms with E-state index in [2.05, 4.69) is 17.2 Å². The second-order valence-electron chi connectivity index (χ2n) is 5.10. The van der Waals surface area contributed by atoms with Crippen molar-refractivity contribution in [2.45, 2.75) is 39.2 Å². The van der Waals surface area contributed by atoms with E-state index in [0.717, 1.165) is 36.5 Å². The molecule has 0 bridgehead atoms. The molecule has 0 amide bonds. The van der Waals surface area contributed by atoms with Crippen LogP contribution in [0.25, 0.3) is 0 Å². The minimum Gasteiger partial charge on any atom is -0.330 e. The van der Waals surface area contributed by atoms with Crippen molar-refractivity contribution in [2.75, 3.05) is 13.1 Å². The molecule has 0 radical (unpaired) electrons. The van der Waals surface area contributed by atoms with Crippen LogP contribution >= 0.6 is 11.3 Å². The molecule has 0 spiro atoms. The van der Waals surface area contributed by atoms with E-state index in [9.17, 15) is 0 Å². The van der Waals surface area contributed by atoms with Gasteiger partial charge in [-0.15, -0.1) is 11.3 Å². The van der Waals surface area contributed by atoms with Crippen LogP contribution < -0.4 is 11.1 Å². The van der Waals surface area contributed by atoms with Gasteiger partial charge in [0.15, 0.2) is 0 Å². The van der Waals surface area contributed by atoms with Crippen LogP contribution in [0.1, 0.15) is 35.6 Å². The highest BCUT2D eigenvalue weighted by Gasteiger charge is 2.19. The van der Waals surface area contributed by atoms with Gasteiger partial charge in [0.25, 0.3) is 0 Å². The summed E-state index contributed by atoms with van der Waals surface area (Å²) in [4.78, 5) is 5.61. The molecule has 17 heavy (non-hydrogen) atoms. The Hall–Kier alpha value is -0.450. The smallest absolute Gasteiger partial charge is 0.0897 e. The topological polar surface area (TPSA) is 50.9 Å². The first-order valence-electron chi connectivity index (χ1n) is 6.60. The van der Waals surface area contributed by atoms with Crippen molar-refractivity contribution < 1.29 is 0 Å². The lowest BCUT2D eigenvalue weighted by molar-refractivity contribution is 0.272. The highest BCUT2D eigenvalue weighted by atomic mass is 32.1. The second kappa shape index (κ2) is 6.47. The first kappa shape index (κ1) is 13.0. The molecule has 0 unspecified atom stereocenters. The number of nitrogens with one attached hydrogen (secondary N) is 1. The highest BCUT2D eigenvalue weighted by Crippen LogP contribution is 2.27. The summed E-state index contributed by atoms with van der Waals surface area (Å²) in [5.41, 5.74) is 5.71. The van der Waals surface area contributed by atoms with Crippen molar-refractivity contribution in [2.24, 2.45) is 17.6 Å². The fourth-order valence-corrected chi connectivity index (χ4v) is 3.32. The minimum absolute atomic E-state index is 0.787. The Morgan fingerprint density at radius 1 is 1.35 bits per heavy atom. The van der Waals surface area contributed by atoms with E-state index in [-0.39, 0.29) is 0 Å². The normalized spacial score (nSPS) is 25.1. The van der Waals surface area contributed by atoms with Gasteiger partial charge >= 0.3 is 0 Å². The fraction of sp³-hybridized carbons (Fsp3) is 0.769. The number of hydrogen-bond acceptors (Lipinski definition) is 4. The number of nitrogens with zero attached hydrogens (tertiary/aromatic N) is 1. The number of thiazole rings is 1. The third kappa shape index (κ3) is 4.05. The molecule has 1 aromatic heterocycles. The summed E-state index contributed by atoms with van der Waals surface area (Å²) >= 11 is 1.79. The molecule has 0 atom stereocenters. The van der Waals surface area contributed by atoms with Crippen LogP contribution in [0.4, 0.5) is 0 Å². The van der Waals surface area contributed by atoms with Gasteiger partial charge in [0, 0.05) is 17.6 Å². The first-order chi connectivity index (χ1) is 8.28. The lowest BCUT2D eigenvalue weighted by Gasteiger charge is -2.27. The summed E-state index contributed by atoms with van der Waals surface area (Å²) < 4.78 is 0. The Labute approximate surface area is 108 Å². The van der Waals surface area contributed by atoms with Crippen LogP contribution in [-0.2, 0) is 6.54 Å². The number of aromatic nitrogens is 1. The molecule has 1 aromatic rings. The van der Waals surface area contributed by atoms with E-state index in [4.69, 9.17) is 5.73 Å². The molecule has 4 heteroatoms. The predicted molar refractivity (Wildman–Crippen MR) is 73.1 cm³/mol. The van der Waals surface area contributed by atoms with Crippen molar-refractivity contribution in [1.82, 2.24) is 10.3 Å². The molecular weight excluding hydrogens is 230 g/mol. The first-order valence-corrected chi connectivity index (χ1v) is 7.41. The summed E-state index contributed by atoms with van der Waals surface area (Å²) in [6.45, 7) is 5.05. The van der Waals surface area contributed by atoms with Gasteiger partial charge < -0.3 is 11.1 Å². The van der Waals surface area contributed by atoms with E-state index < -0.39 is 0 Å². The van der Waals surface area contributed by atoms with Crippen molar-refractivity contribution in [3.05, 3.63) is 16.1 Å². The summed E-state index contributed by atoms with van der Waals surface area (Å²) in [6.07, 6.45) is 7.32. The Kier molecular flexibility index (Phi) is 4.95. The van der Waals surface area contributed by atoms with Gasteiger partial charge in [0.2, 0.25) is 0 Å². The number of nitrogens with two attached hydrogens (primary N) is 1. The Morgan fingerprint density at radius 3 is 2.65 bits per heavy atom. The molecule has 0 aromatic carbocycles. The van der Waals surface area contributed by atoms with Crippen LogP contribution in [0.2, 0.25) is 0 Å². The maximum atomic E-state index is 5.71. The molecule has 3 N–H and O–H groups in total. The van der Waals surface area contributed by atoms with Crippen molar-refractivity contribution in [3.8, 4) is 0 Å². The number of hydrogen-bond donors (Lipinski definition) is 2. The lowest BCUT2D eigenvalue weighted by atomic mass is 9.82. The monoisotopic (exact) mass is 253 g/mol. The summed E-state index contributed by atoms with van der Waals surface area (Å²) in [5, 5.41) is 4.71. The van der Waals surface area contributed by atoms with E-state index in [0.29, 0.717) is 0 Å². The summed E-state index contributed by atoms with van der Waals surface area (Å²) in [6, 6.07) is 0. The van der Waals surface area contributed by atoms with Gasteiger partial charge in [-0.1, -0.05) is 0 Å². The zero-order chi connectivity index (χ0) is 12.1. The van der Waals surface area contributed by atoms with Crippen LogP contribution in [0.3, 0.4) is 0 Å². The van der Waals surface area contributed by atoms with Crippen LogP contribution in [0.15, 0.2) is 6.20 Å². The molecular formula is C13H23N3S. The number of rotatable bonds is 5. The molecule has 0 aliphatic heterocycles. The quantitative estimate of drug-likeness (QED) is 0.846. The van der Waals surface area contributed by atoms with Gasteiger partial charge in [0.1, 0.15) is 0 Å². The summed E-state index contributed by atoms with van der Waals surface area (Å²) in [7, 11) is 0. The van der Waals surface area contributed by atoms with Gasteiger partial charge in [0.05, 0.1) is 5.01 Å². The van der Waals surface area contributed by atoms with E-state index >= 15 is 0 Å². The van der Waals surface area contributed by atoms with Crippen molar-refractivity contribution in [1.29, 1.82) is 0 Å². The molecule has 2 rings (SSSR count). The van der Waals surface area contributed by atoms with Crippen LogP contribution in [-0.4, -0.2) is 18.1 Å². The standard InChI is InChI=1S/C13H23N3S/c1-10-16-9-13(17-10)8-15-7-12-4-2-11(6-14)3-5-12/h9,11-12,15H,2-8,14H2,1H3. The molecule has 1 fully saturated rings. The SMILES string of the molecule is Cc1ncc(CNCC2CCC(CN)CC2)s1. The van der Waals surface area contributed by atoms with Gasteiger partial charge in [-0.05, 0) is 57.5 Å². The second-order valence-corrected chi connectivity index (χ2v) is 6.42. The average Bonchev–Trinajstić information content (AvgIpc) is 2.76. The lowest BCUT2D eigenvalue weighted by Crippen LogP contribution is -2.28. The third-order valence-corrected chi connectivity index (χ3v) is 4.61. The fourth-order valence-electron chi connectivity index (χ4n) is 2.56. The Bertz CT molecular complexity index is 329. The van der Waals surface area contributed by atoms with E-state index in [1.54, 1.807) is 11.3 Å². The Morgan fingerprint density at radius 2 is 2.06 bits per heavy atom. The van der Waals surface area contributed by atoms with Crippen LogP contribution in [0, 0.1) is 18.8 Å². The summed E-state index contributed by atoms with van der Waals surface area (Å²) in [5.74, 6) is 1.64. The molecule has 96 valence electrons. The average molecular weight is 253 g/mol. The molecule has 1 aliphatic rings. The minimum atomic E-state index is 0.787. The van der Waals surface area contributed by atoms with E-state index in [1.165, 1.54) is 30.6 Å². The molecule has 1 aliphatic carbocycles. The zero-order valence-corrected chi connectivity index (χ0v) is 11.4. The largest absolute Gasteiger partial charge is 0.330 e. The molecule has 0 saturated heterocycles. The van der Waals surface area contributed by atoms with Gasteiger partial charge in [-0.2, -0.15) is 0 Å². The van der Waals surface area contributed by atoms with Crippen molar-refractivity contribution >= 4 is 11.3 Å². The van der Waals surface area contributed by atoms with Gasteiger partial charge in [-0.3, -0.25) is 0 Å². The van der Waals surface area contributed by atoms with Crippen LogP contribution in [0.5, 0.6) is 0 Å². The van der Waals surface area contributed by atoms with Gasteiger partial charge in [-0.25, -0.2) is 4.98 Å². The molecule has 1 saturated carbocycles. The highest BCUT2D eigenvalue weighted by molar-refractivity contribution is 7.11.